The van der Waals surface area contributed by atoms with Crippen LogP contribution in [0.3, 0.4) is 0 Å². The van der Waals surface area contributed by atoms with Crippen molar-refractivity contribution >= 4 is 17.9 Å². The third-order valence-corrected chi connectivity index (χ3v) is 11.2. The molecule has 6 nitrogen and oxygen atoms in total. The Bertz CT molecular complexity index is 854. The molecule has 0 aromatic carbocycles. The van der Waals surface area contributed by atoms with Crippen LogP contribution in [0.4, 0.5) is 0 Å². The first-order valence-electron chi connectivity index (χ1n) is 24.7. The molecule has 0 aliphatic heterocycles. The Balaban J connectivity index is 4.28. The molecule has 0 aliphatic rings. The molecule has 0 bridgehead atoms. The summed E-state index contributed by atoms with van der Waals surface area (Å²) in [5, 5.41) is 0. The Hall–Kier alpha value is -1.59. The Morgan fingerprint density at radius 2 is 0.589 bits per heavy atom. The standard InChI is InChI=1S/C50H96O6/c1-6-7-8-9-10-11-19-25-30-35-40-48(51)54-43-47(44-55-49(52)41-36-31-26-22-21-24-29-34-39-46(4)5)56-50(53)42-37-32-27-20-17-15-13-12-14-16-18-23-28-33-38-45(2)3/h45-47H,6-44H2,1-5H3/t47-/m1/s1. The van der Waals surface area contributed by atoms with Crippen molar-refractivity contribution in [3.05, 3.63) is 0 Å². The van der Waals surface area contributed by atoms with E-state index in [0.29, 0.717) is 19.3 Å². The SMILES string of the molecule is CCCCCCCCCCCCC(=O)OC[C@H](COC(=O)CCCCCCCCCCC(C)C)OC(=O)CCCCCCCCCCCCCCCCC(C)C. The van der Waals surface area contributed by atoms with Crippen LogP contribution < -0.4 is 0 Å². The third kappa shape index (κ3) is 43.5. The van der Waals surface area contributed by atoms with Crippen LogP contribution >= 0.6 is 0 Å². The van der Waals surface area contributed by atoms with E-state index in [1.165, 1.54) is 161 Å². The molecule has 332 valence electrons. The monoisotopic (exact) mass is 793 g/mol. The van der Waals surface area contributed by atoms with Gasteiger partial charge in [-0.25, -0.2) is 0 Å². The van der Waals surface area contributed by atoms with Gasteiger partial charge in [0, 0.05) is 19.3 Å². The van der Waals surface area contributed by atoms with Crippen LogP contribution in [0.2, 0.25) is 0 Å². The second-order valence-corrected chi connectivity index (χ2v) is 18.1. The van der Waals surface area contributed by atoms with Gasteiger partial charge in [0.15, 0.2) is 6.10 Å². The van der Waals surface area contributed by atoms with E-state index in [1.54, 1.807) is 0 Å². The van der Waals surface area contributed by atoms with Crippen LogP contribution in [0, 0.1) is 11.8 Å². The Kier molecular flexibility index (Phi) is 41.8. The highest BCUT2D eigenvalue weighted by atomic mass is 16.6. The molecule has 0 radical (unpaired) electrons. The van der Waals surface area contributed by atoms with Crippen LogP contribution in [-0.2, 0) is 28.6 Å². The minimum atomic E-state index is -0.760. The average molecular weight is 793 g/mol. The zero-order valence-electron chi connectivity index (χ0n) is 38.3. The highest BCUT2D eigenvalue weighted by molar-refractivity contribution is 5.71. The van der Waals surface area contributed by atoms with Gasteiger partial charge in [-0.3, -0.25) is 14.4 Å². The second-order valence-electron chi connectivity index (χ2n) is 18.1. The van der Waals surface area contributed by atoms with Crippen molar-refractivity contribution in [2.24, 2.45) is 11.8 Å². The predicted molar refractivity (Wildman–Crippen MR) is 238 cm³/mol. The summed E-state index contributed by atoms with van der Waals surface area (Å²) in [6.45, 7) is 11.3. The number of rotatable bonds is 44. The molecule has 0 aromatic heterocycles. The summed E-state index contributed by atoms with van der Waals surface area (Å²) in [5.41, 5.74) is 0. The van der Waals surface area contributed by atoms with E-state index in [1.807, 2.05) is 0 Å². The number of unbranched alkanes of at least 4 members (excludes halogenated alkanes) is 29. The van der Waals surface area contributed by atoms with E-state index < -0.39 is 6.10 Å². The smallest absolute Gasteiger partial charge is 0.306 e. The summed E-state index contributed by atoms with van der Waals surface area (Å²) in [5.74, 6) is 0.786. The molecule has 0 saturated carbocycles. The summed E-state index contributed by atoms with van der Waals surface area (Å²) in [4.78, 5) is 37.8. The Morgan fingerprint density at radius 3 is 0.875 bits per heavy atom. The zero-order chi connectivity index (χ0) is 41.2. The van der Waals surface area contributed by atoms with E-state index in [0.717, 1.165) is 69.6 Å². The fraction of sp³-hybridized carbons (Fsp3) is 0.940. The van der Waals surface area contributed by atoms with Crippen molar-refractivity contribution in [3.63, 3.8) is 0 Å². The molecule has 0 heterocycles. The van der Waals surface area contributed by atoms with Crippen LogP contribution in [-0.4, -0.2) is 37.2 Å². The molecule has 0 fully saturated rings. The molecular weight excluding hydrogens is 697 g/mol. The molecule has 0 N–H and O–H groups in total. The Labute approximate surface area is 348 Å². The van der Waals surface area contributed by atoms with E-state index in [9.17, 15) is 14.4 Å². The molecule has 0 amide bonds. The normalized spacial score (nSPS) is 12.1. The highest BCUT2D eigenvalue weighted by Gasteiger charge is 2.19. The van der Waals surface area contributed by atoms with Gasteiger partial charge in [-0.2, -0.15) is 0 Å². The maximum atomic E-state index is 12.8. The lowest BCUT2D eigenvalue weighted by molar-refractivity contribution is -0.167. The zero-order valence-corrected chi connectivity index (χ0v) is 38.3. The second kappa shape index (κ2) is 43.0. The largest absolute Gasteiger partial charge is 0.462 e. The number of esters is 3. The molecule has 0 spiro atoms. The van der Waals surface area contributed by atoms with Gasteiger partial charge < -0.3 is 14.2 Å². The van der Waals surface area contributed by atoms with Crippen molar-refractivity contribution in [2.45, 2.75) is 278 Å². The molecule has 6 heteroatoms. The average Bonchev–Trinajstić information content (AvgIpc) is 3.16. The quantitative estimate of drug-likeness (QED) is 0.0347. The van der Waals surface area contributed by atoms with E-state index in [-0.39, 0.29) is 31.1 Å². The predicted octanol–water partition coefficient (Wildman–Crippen LogP) is 15.8. The minimum absolute atomic E-state index is 0.0644. The summed E-state index contributed by atoms with van der Waals surface area (Å²) in [6, 6.07) is 0. The fourth-order valence-corrected chi connectivity index (χ4v) is 7.46. The van der Waals surface area contributed by atoms with Crippen molar-refractivity contribution in [3.8, 4) is 0 Å². The van der Waals surface area contributed by atoms with Crippen LogP contribution in [0.1, 0.15) is 272 Å². The number of carbonyl (C=O) groups excluding carboxylic acids is 3. The summed E-state index contributed by atoms with van der Waals surface area (Å²) < 4.78 is 16.8. The van der Waals surface area contributed by atoms with Crippen molar-refractivity contribution in [1.29, 1.82) is 0 Å². The molecule has 0 rings (SSSR count). The van der Waals surface area contributed by atoms with Crippen molar-refractivity contribution in [2.75, 3.05) is 13.2 Å². The summed E-state index contributed by atoms with van der Waals surface area (Å²) in [6.07, 6.45) is 42.3. The fourth-order valence-electron chi connectivity index (χ4n) is 7.46. The maximum absolute atomic E-state index is 12.8. The Morgan fingerprint density at radius 1 is 0.339 bits per heavy atom. The van der Waals surface area contributed by atoms with Gasteiger partial charge in [0.05, 0.1) is 0 Å². The lowest BCUT2D eigenvalue weighted by atomic mass is 10.0. The van der Waals surface area contributed by atoms with Gasteiger partial charge in [0.1, 0.15) is 13.2 Å². The first kappa shape index (κ1) is 54.4. The van der Waals surface area contributed by atoms with Gasteiger partial charge in [-0.1, -0.05) is 234 Å². The number of hydrogen-bond donors (Lipinski definition) is 0. The molecule has 0 unspecified atom stereocenters. The van der Waals surface area contributed by atoms with Crippen LogP contribution in [0.25, 0.3) is 0 Å². The summed E-state index contributed by atoms with van der Waals surface area (Å²) >= 11 is 0. The lowest BCUT2D eigenvalue weighted by Gasteiger charge is -2.18. The topological polar surface area (TPSA) is 78.9 Å². The maximum Gasteiger partial charge on any atom is 0.306 e. The highest BCUT2D eigenvalue weighted by Crippen LogP contribution is 2.17. The molecule has 56 heavy (non-hydrogen) atoms. The van der Waals surface area contributed by atoms with E-state index in [2.05, 4.69) is 34.6 Å². The molecule has 0 aliphatic carbocycles. The van der Waals surface area contributed by atoms with Crippen molar-refractivity contribution < 1.29 is 28.6 Å². The van der Waals surface area contributed by atoms with E-state index >= 15 is 0 Å². The molecule has 1 atom stereocenters. The van der Waals surface area contributed by atoms with E-state index in [4.69, 9.17) is 14.2 Å². The van der Waals surface area contributed by atoms with Gasteiger partial charge in [-0.15, -0.1) is 0 Å². The first-order chi connectivity index (χ1) is 27.2. The molecule has 0 aromatic rings. The number of hydrogen-bond acceptors (Lipinski definition) is 6. The minimum Gasteiger partial charge on any atom is -0.462 e. The number of ether oxygens (including phenoxy) is 3. The van der Waals surface area contributed by atoms with Crippen LogP contribution in [0.15, 0.2) is 0 Å². The van der Waals surface area contributed by atoms with Gasteiger partial charge in [0.25, 0.3) is 0 Å². The molecular formula is C50H96O6. The summed E-state index contributed by atoms with van der Waals surface area (Å²) in [7, 11) is 0. The third-order valence-electron chi connectivity index (χ3n) is 11.2. The first-order valence-corrected chi connectivity index (χ1v) is 24.7. The van der Waals surface area contributed by atoms with Gasteiger partial charge >= 0.3 is 17.9 Å². The van der Waals surface area contributed by atoms with Gasteiger partial charge in [-0.05, 0) is 31.1 Å². The van der Waals surface area contributed by atoms with Gasteiger partial charge in [0.2, 0.25) is 0 Å². The molecule has 0 saturated heterocycles. The van der Waals surface area contributed by atoms with Crippen molar-refractivity contribution in [1.82, 2.24) is 0 Å². The number of carbonyl (C=O) groups is 3. The van der Waals surface area contributed by atoms with Crippen LogP contribution in [0.5, 0.6) is 0 Å². The lowest BCUT2D eigenvalue weighted by Crippen LogP contribution is -2.30.